The molecule has 3 nitrogen and oxygen atoms in total. The summed E-state index contributed by atoms with van der Waals surface area (Å²) in [5.74, 6) is -0.339. The summed E-state index contributed by atoms with van der Waals surface area (Å²) in [7, 11) is 3.21. The van der Waals surface area contributed by atoms with Gasteiger partial charge < -0.3 is 9.47 Å². The van der Waals surface area contributed by atoms with Crippen LogP contribution in [0, 0.1) is 5.92 Å². The Morgan fingerprint density at radius 1 is 1.24 bits per heavy atom. The number of rotatable bonds is 8. The molecule has 0 bridgehead atoms. The Hall–Kier alpha value is -1.77. The van der Waals surface area contributed by atoms with Crippen LogP contribution in [0.1, 0.15) is 74.0 Å². The van der Waals surface area contributed by atoms with Crippen LogP contribution in [0.3, 0.4) is 0 Å². The van der Waals surface area contributed by atoms with Gasteiger partial charge in [-0.15, -0.1) is 0 Å². The molecule has 0 aliphatic heterocycles. The molecular weight excluding hydrogens is 312 g/mol. The minimum atomic E-state index is -2.61. The Morgan fingerprint density at radius 3 is 2.48 bits per heavy atom. The molecule has 1 aromatic rings. The number of hydrogen-bond donors (Lipinski definition) is 0. The molecule has 0 spiro atoms. The largest absolute Gasteiger partial charge is 0.496 e. The van der Waals surface area contributed by atoms with E-state index in [2.05, 4.69) is 6.92 Å². The summed E-state index contributed by atoms with van der Waals surface area (Å²) in [4.78, 5) is 12.7. The third-order valence-electron chi connectivity index (χ3n) is 5.09. The zero-order valence-electron chi connectivity index (χ0n) is 18.9. The average Bonchev–Trinajstić information content (AvgIpc) is 2.66. The van der Waals surface area contributed by atoms with E-state index in [0.717, 1.165) is 48.8 Å². The summed E-state index contributed by atoms with van der Waals surface area (Å²) in [5.41, 5.74) is 3.04. The summed E-state index contributed by atoms with van der Waals surface area (Å²) < 4.78 is 34.2. The number of Topliss-reactive ketones (excluding diaryl/α,β-unsaturated/α-hetero) is 1. The second-order valence-electron chi connectivity index (χ2n) is 6.92. The molecule has 0 aromatic heterocycles. The van der Waals surface area contributed by atoms with Crippen molar-refractivity contribution in [1.82, 2.24) is 0 Å². The van der Waals surface area contributed by atoms with E-state index in [0.29, 0.717) is 17.9 Å². The number of aryl methyl sites for hydroxylation is 1. The number of ketones is 1. The maximum absolute atomic E-state index is 12.7. The molecule has 1 aliphatic carbocycles. The Morgan fingerprint density at radius 2 is 1.92 bits per heavy atom. The fourth-order valence-corrected chi connectivity index (χ4v) is 3.69. The van der Waals surface area contributed by atoms with E-state index in [1.165, 1.54) is 0 Å². The molecule has 2 rings (SSSR count). The summed E-state index contributed by atoms with van der Waals surface area (Å²) in [6, 6.07) is 4.00. The average molecular weight is 348 g/mol. The van der Waals surface area contributed by atoms with Crippen LogP contribution in [0.15, 0.2) is 23.8 Å². The van der Waals surface area contributed by atoms with Crippen molar-refractivity contribution in [3.63, 3.8) is 0 Å². The lowest BCUT2D eigenvalue weighted by Crippen LogP contribution is -2.23. The van der Waals surface area contributed by atoms with Gasteiger partial charge in [0.2, 0.25) is 0 Å². The summed E-state index contributed by atoms with van der Waals surface area (Å²) >= 11 is 0. The lowest BCUT2D eigenvalue weighted by atomic mass is 9.74. The van der Waals surface area contributed by atoms with E-state index in [1.807, 2.05) is 25.1 Å². The maximum atomic E-state index is 12.7. The van der Waals surface area contributed by atoms with Gasteiger partial charge in [0.05, 0.1) is 14.2 Å². The number of carbonyl (C=O) groups excluding carboxylic acids is 1. The smallest absolute Gasteiger partial charge is 0.133 e. The molecule has 1 aliphatic rings. The second kappa shape index (κ2) is 9.07. The van der Waals surface area contributed by atoms with E-state index < -0.39 is 18.6 Å². The summed E-state index contributed by atoms with van der Waals surface area (Å²) in [5, 5.41) is 0. The number of hydrogen-bond acceptors (Lipinski definition) is 3. The quantitative estimate of drug-likeness (QED) is 0.462. The third kappa shape index (κ3) is 4.65. The van der Waals surface area contributed by atoms with Crippen LogP contribution in [0.25, 0.3) is 0 Å². The molecule has 138 valence electrons. The van der Waals surface area contributed by atoms with Gasteiger partial charge in [0.1, 0.15) is 17.3 Å². The highest BCUT2D eigenvalue weighted by Gasteiger charge is 2.33. The number of allylic oxidation sites excluding steroid dienone is 2. The standard InChI is InChI=1S/C22H32O3/c1-6-7-8-9-17-13-20(24-4)22(21(14-17)25-5)19-12-15(2)10-11-18(19)16(3)23/h12-14,18-19H,6-11H2,1-5H3/t18-,19+/m0/s1/i3D3. The molecule has 25 heavy (non-hydrogen) atoms. The van der Waals surface area contributed by atoms with Crippen LogP contribution in [0.5, 0.6) is 11.5 Å². The first kappa shape index (κ1) is 15.5. The van der Waals surface area contributed by atoms with Crippen molar-refractivity contribution < 1.29 is 18.4 Å². The van der Waals surface area contributed by atoms with Gasteiger partial charge >= 0.3 is 0 Å². The molecular formula is C22H32O3. The van der Waals surface area contributed by atoms with Crippen LogP contribution >= 0.6 is 0 Å². The first-order valence-electron chi connectivity index (χ1n) is 10.7. The number of carbonyl (C=O) groups is 1. The van der Waals surface area contributed by atoms with Gasteiger partial charge in [-0.2, -0.15) is 0 Å². The van der Waals surface area contributed by atoms with Crippen molar-refractivity contribution in [2.75, 3.05) is 14.2 Å². The van der Waals surface area contributed by atoms with E-state index in [-0.39, 0.29) is 5.92 Å². The first-order valence-corrected chi connectivity index (χ1v) is 9.19. The highest BCUT2D eigenvalue weighted by atomic mass is 16.5. The van der Waals surface area contributed by atoms with Crippen LogP contribution in [-0.4, -0.2) is 20.0 Å². The number of methoxy groups -OCH3 is 2. The molecule has 3 heteroatoms. The van der Waals surface area contributed by atoms with E-state index in [4.69, 9.17) is 13.6 Å². The molecule has 1 aromatic carbocycles. The highest BCUT2D eigenvalue weighted by Crippen LogP contribution is 2.45. The normalized spacial score (nSPS) is 22.4. The van der Waals surface area contributed by atoms with E-state index in [1.54, 1.807) is 14.2 Å². The van der Waals surface area contributed by atoms with Crippen LogP contribution in [0.4, 0.5) is 0 Å². The maximum Gasteiger partial charge on any atom is 0.133 e. The Bertz CT molecular complexity index is 697. The Labute approximate surface area is 156 Å². The molecule has 0 unspecified atom stereocenters. The highest BCUT2D eigenvalue weighted by molar-refractivity contribution is 5.80. The predicted octanol–water partition coefficient (Wildman–Crippen LogP) is 5.47. The fourth-order valence-electron chi connectivity index (χ4n) is 3.69. The van der Waals surface area contributed by atoms with Gasteiger partial charge in [-0.3, -0.25) is 4.79 Å². The van der Waals surface area contributed by atoms with Crippen LogP contribution in [0.2, 0.25) is 0 Å². The van der Waals surface area contributed by atoms with E-state index >= 15 is 0 Å². The number of benzene rings is 1. The molecule has 0 saturated heterocycles. The van der Waals surface area contributed by atoms with Crippen molar-refractivity contribution in [2.24, 2.45) is 5.92 Å². The molecule has 0 radical (unpaired) electrons. The van der Waals surface area contributed by atoms with Gasteiger partial charge in [-0.05, 0) is 57.2 Å². The zero-order valence-corrected chi connectivity index (χ0v) is 15.9. The van der Waals surface area contributed by atoms with Gasteiger partial charge in [-0.1, -0.05) is 31.4 Å². The van der Waals surface area contributed by atoms with Crippen molar-refractivity contribution in [3.8, 4) is 11.5 Å². The van der Waals surface area contributed by atoms with Crippen molar-refractivity contribution in [1.29, 1.82) is 0 Å². The van der Waals surface area contributed by atoms with Gasteiger partial charge in [-0.25, -0.2) is 0 Å². The SMILES string of the molecule is [2H]C([2H])([2H])C(=O)[C@@H]1CCC(C)=C[C@H]1c1c(OC)cc(CCCCC)cc1OC. The lowest BCUT2D eigenvalue weighted by Gasteiger charge is -2.30. The van der Waals surface area contributed by atoms with Crippen molar-refractivity contribution in [2.45, 2.75) is 65.1 Å². The van der Waals surface area contributed by atoms with Crippen LogP contribution < -0.4 is 9.47 Å². The predicted molar refractivity (Wildman–Crippen MR) is 103 cm³/mol. The second-order valence-corrected chi connectivity index (χ2v) is 6.92. The first-order chi connectivity index (χ1) is 13.2. The minimum absolute atomic E-state index is 0.365. The Kier molecular flexibility index (Phi) is 5.62. The van der Waals surface area contributed by atoms with Crippen molar-refractivity contribution >= 4 is 5.78 Å². The number of ether oxygens (including phenoxy) is 2. The minimum Gasteiger partial charge on any atom is -0.496 e. The molecule has 0 fully saturated rings. The third-order valence-corrected chi connectivity index (χ3v) is 5.09. The van der Waals surface area contributed by atoms with Crippen molar-refractivity contribution in [3.05, 3.63) is 34.9 Å². The topological polar surface area (TPSA) is 35.5 Å². The van der Waals surface area contributed by atoms with Crippen LogP contribution in [-0.2, 0) is 11.2 Å². The molecule has 0 amide bonds. The van der Waals surface area contributed by atoms with Gasteiger partial charge in [0.15, 0.2) is 0 Å². The molecule has 2 atom stereocenters. The summed E-state index contributed by atoms with van der Waals surface area (Å²) in [6.07, 6.45) is 7.58. The monoisotopic (exact) mass is 347 g/mol. The zero-order chi connectivity index (χ0) is 20.9. The molecule has 0 heterocycles. The fraction of sp³-hybridized carbons (Fsp3) is 0.591. The molecule has 0 N–H and O–H groups in total. The summed E-state index contributed by atoms with van der Waals surface area (Å²) in [6.45, 7) is 1.58. The Balaban J connectivity index is 2.52. The number of unbranched alkanes of at least 4 members (excludes halogenated alkanes) is 2. The lowest BCUT2D eigenvalue weighted by molar-refractivity contribution is -0.121. The molecule has 0 saturated carbocycles. The van der Waals surface area contributed by atoms with E-state index in [9.17, 15) is 4.79 Å². The van der Waals surface area contributed by atoms with Gasteiger partial charge in [0, 0.05) is 21.5 Å². The van der Waals surface area contributed by atoms with Gasteiger partial charge in [0.25, 0.3) is 0 Å².